The fourth-order valence-corrected chi connectivity index (χ4v) is 3.45. The molecule has 0 fully saturated rings. The summed E-state index contributed by atoms with van der Waals surface area (Å²) in [4.78, 5) is 21.8. The number of thiophene rings is 1. The standard InChI is InChI=1S/C12H14N4OS2/c1-7-5-8(2)15-12(14-7)18-6-9-3-4-10(19-9)11(17)16-13/h3-5H,6,13H2,1-2H3,(H,16,17). The second kappa shape index (κ2) is 6.14. The Hall–Kier alpha value is -1.44. The van der Waals surface area contributed by atoms with Gasteiger partial charge in [0.1, 0.15) is 0 Å². The van der Waals surface area contributed by atoms with E-state index in [1.54, 1.807) is 17.8 Å². The van der Waals surface area contributed by atoms with Crippen LogP contribution in [-0.2, 0) is 5.75 Å². The van der Waals surface area contributed by atoms with E-state index in [-0.39, 0.29) is 5.91 Å². The second-order valence-corrected chi connectivity index (χ2v) is 6.07. The molecule has 5 nitrogen and oxygen atoms in total. The summed E-state index contributed by atoms with van der Waals surface area (Å²) in [6, 6.07) is 5.63. The van der Waals surface area contributed by atoms with Gasteiger partial charge in [0.2, 0.25) is 0 Å². The number of hydrogen-bond acceptors (Lipinski definition) is 6. The Morgan fingerprint density at radius 2 is 2.05 bits per heavy atom. The van der Waals surface area contributed by atoms with Gasteiger partial charge in [-0.25, -0.2) is 15.8 Å². The molecule has 7 heteroatoms. The van der Waals surface area contributed by atoms with Gasteiger partial charge in [0, 0.05) is 22.0 Å². The number of aryl methyl sites for hydroxylation is 2. The summed E-state index contributed by atoms with van der Waals surface area (Å²) >= 11 is 2.98. The van der Waals surface area contributed by atoms with Crippen molar-refractivity contribution in [3.05, 3.63) is 39.3 Å². The fraction of sp³-hybridized carbons (Fsp3) is 0.250. The third-order valence-corrected chi connectivity index (χ3v) is 4.48. The molecule has 19 heavy (non-hydrogen) atoms. The van der Waals surface area contributed by atoms with Gasteiger partial charge in [0.25, 0.3) is 5.91 Å². The zero-order valence-electron chi connectivity index (χ0n) is 10.6. The average molecular weight is 294 g/mol. The van der Waals surface area contributed by atoms with Crippen LogP contribution in [-0.4, -0.2) is 15.9 Å². The van der Waals surface area contributed by atoms with Crippen LogP contribution in [0.25, 0.3) is 0 Å². The number of amides is 1. The molecule has 2 heterocycles. The lowest BCUT2D eigenvalue weighted by Gasteiger charge is -2.01. The molecule has 0 saturated carbocycles. The van der Waals surface area contributed by atoms with Crippen LogP contribution in [0.4, 0.5) is 0 Å². The van der Waals surface area contributed by atoms with E-state index in [9.17, 15) is 4.79 Å². The summed E-state index contributed by atoms with van der Waals surface area (Å²) in [6.07, 6.45) is 0. The van der Waals surface area contributed by atoms with E-state index in [2.05, 4.69) is 15.4 Å². The quantitative estimate of drug-likeness (QED) is 0.296. The van der Waals surface area contributed by atoms with E-state index in [0.717, 1.165) is 27.2 Å². The Balaban J connectivity index is 2.02. The zero-order valence-corrected chi connectivity index (χ0v) is 12.3. The minimum atomic E-state index is -0.260. The van der Waals surface area contributed by atoms with Crippen molar-refractivity contribution in [1.29, 1.82) is 0 Å². The Morgan fingerprint density at radius 3 is 2.68 bits per heavy atom. The van der Waals surface area contributed by atoms with E-state index in [0.29, 0.717) is 4.88 Å². The highest BCUT2D eigenvalue weighted by Crippen LogP contribution is 2.25. The van der Waals surface area contributed by atoms with E-state index >= 15 is 0 Å². The molecule has 0 aliphatic heterocycles. The molecule has 0 atom stereocenters. The van der Waals surface area contributed by atoms with Crippen molar-refractivity contribution in [3.8, 4) is 0 Å². The predicted molar refractivity (Wildman–Crippen MR) is 77.0 cm³/mol. The van der Waals surface area contributed by atoms with Crippen LogP contribution in [0, 0.1) is 13.8 Å². The molecule has 0 saturated heterocycles. The molecule has 3 N–H and O–H groups in total. The Kier molecular flexibility index (Phi) is 4.52. The van der Waals surface area contributed by atoms with Gasteiger partial charge in [-0.2, -0.15) is 0 Å². The summed E-state index contributed by atoms with van der Waals surface area (Å²) in [6.45, 7) is 3.90. The van der Waals surface area contributed by atoms with Gasteiger partial charge >= 0.3 is 0 Å². The van der Waals surface area contributed by atoms with Crippen molar-refractivity contribution in [2.75, 3.05) is 0 Å². The highest BCUT2D eigenvalue weighted by molar-refractivity contribution is 7.98. The smallest absolute Gasteiger partial charge is 0.275 e. The summed E-state index contributed by atoms with van der Waals surface area (Å²) in [7, 11) is 0. The Morgan fingerprint density at radius 1 is 1.37 bits per heavy atom. The first-order valence-corrected chi connectivity index (χ1v) is 7.43. The van der Waals surface area contributed by atoms with Crippen LogP contribution in [0.2, 0.25) is 0 Å². The largest absolute Gasteiger partial charge is 0.289 e. The average Bonchev–Trinajstić information content (AvgIpc) is 2.83. The third kappa shape index (κ3) is 3.76. The summed E-state index contributed by atoms with van der Waals surface area (Å²) in [5, 5.41) is 0.760. The molecule has 100 valence electrons. The summed E-state index contributed by atoms with van der Waals surface area (Å²) in [5.41, 5.74) is 4.05. The lowest BCUT2D eigenvalue weighted by Crippen LogP contribution is -2.29. The number of nitrogens with one attached hydrogen (secondary N) is 1. The lowest BCUT2D eigenvalue weighted by atomic mass is 10.4. The summed E-state index contributed by atoms with van der Waals surface area (Å²) < 4.78 is 0. The highest BCUT2D eigenvalue weighted by Gasteiger charge is 2.08. The summed E-state index contributed by atoms with van der Waals surface area (Å²) in [5.74, 6) is 5.57. The van der Waals surface area contributed by atoms with E-state index < -0.39 is 0 Å². The topological polar surface area (TPSA) is 80.9 Å². The SMILES string of the molecule is Cc1cc(C)nc(SCc2ccc(C(=O)NN)s2)n1. The van der Waals surface area contributed by atoms with Crippen LogP contribution >= 0.6 is 23.1 Å². The van der Waals surface area contributed by atoms with E-state index in [1.807, 2.05) is 26.0 Å². The first kappa shape index (κ1) is 14.0. The maximum absolute atomic E-state index is 11.3. The molecular weight excluding hydrogens is 280 g/mol. The number of carbonyl (C=O) groups excluding carboxylic acids is 1. The van der Waals surface area contributed by atoms with Gasteiger partial charge in [-0.3, -0.25) is 10.2 Å². The molecule has 0 unspecified atom stereocenters. The molecule has 2 aromatic heterocycles. The number of hydrogen-bond donors (Lipinski definition) is 2. The van der Waals surface area contributed by atoms with Crippen LogP contribution in [0.1, 0.15) is 25.9 Å². The van der Waals surface area contributed by atoms with Gasteiger partial charge in [-0.05, 0) is 32.0 Å². The van der Waals surface area contributed by atoms with Gasteiger partial charge < -0.3 is 0 Å². The first-order valence-electron chi connectivity index (χ1n) is 5.63. The number of nitrogens with two attached hydrogens (primary N) is 1. The number of hydrazine groups is 1. The molecule has 0 spiro atoms. The third-order valence-electron chi connectivity index (χ3n) is 2.32. The van der Waals surface area contributed by atoms with Crippen molar-refractivity contribution >= 4 is 29.0 Å². The van der Waals surface area contributed by atoms with Crippen LogP contribution in [0.3, 0.4) is 0 Å². The van der Waals surface area contributed by atoms with Gasteiger partial charge in [0.15, 0.2) is 5.16 Å². The monoisotopic (exact) mass is 294 g/mol. The highest BCUT2D eigenvalue weighted by atomic mass is 32.2. The molecule has 2 aromatic rings. The molecular formula is C12H14N4OS2. The van der Waals surface area contributed by atoms with Crippen molar-refractivity contribution in [3.63, 3.8) is 0 Å². The number of thioether (sulfide) groups is 1. The second-order valence-electron chi connectivity index (χ2n) is 3.96. The van der Waals surface area contributed by atoms with E-state index in [1.165, 1.54) is 11.3 Å². The van der Waals surface area contributed by atoms with Gasteiger partial charge in [0.05, 0.1) is 4.88 Å². The van der Waals surface area contributed by atoms with Crippen molar-refractivity contribution < 1.29 is 4.79 Å². The number of nitrogens with zero attached hydrogens (tertiary/aromatic N) is 2. The molecule has 0 aliphatic rings. The predicted octanol–water partition coefficient (Wildman–Crippen LogP) is 2.05. The molecule has 2 rings (SSSR count). The number of rotatable bonds is 4. The maximum atomic E-state index is 11.3. The molecule has 1 amide bonds. The zero-order chi connectivity index (χ0) is 13.8. The Bertz CT molecular complexity index is 577. The van der Waals surface area contributed by atoms with Crippen molar-refractivity contribution in [2.24, 2.45) is 5.84 Å². The van der Waals surface area contributed by atoms with Gasteiger partial charge in [-0.1, -0.05) is 11.8 Å². The first-order chi connectivity index (χ1) is 9.08. The minimum absolute atomic E-state index is 0.260. The molecule has 0 radical (unpaired) electrons. The molecule has 0 bridgehead atoms. The molecule has 0 aliphatic carbocycles. The normalized spacial score (nSPS) is 10.5. The van der Waals surface area contributed by atoms with Crippen LogP contribution < -0.4 is 11.3 Å². The van der Waals surface area contributed by atoms with Crippen molar-refractivity contribution in [1.82, 2.24) is 15.4 Å². The Labute approximate surface area is 119 Å². The van der Waals surface area contributed by atoms with Crippen LogP contribution in [0.15, 0.2) is 23.4 Å². The van der Waals surface area contributed by atoms with E-state index in [4.69, 9.17) is 5.84 Å². The lowest BCUT2D eigenvalue weighted by molar-refractivity contribution is 0.0957. The maximum Gasteiger partial charge on any atom is 0.275 e. The number of carbonyl (C=O) groups is 1. The number of aromatic nitrogens is 2. The minimum Gasteiger partial charge on any atom is -0.289 e. The number of nitrogen functional groups attached to an aromatic ring is 1. The fourth-order valence-electron chi connectivity index (χ4n) is 1.54. The molecule has 0 aromatic carbocycles. The van der Waals surface area contributed by atoms with Crippen molar-refractivity contribution in [2.45, 2.75) is 24.8 Å². The van der Waals surface area contributed by atoms with Gasteiger partial charge in [-0.15, -0.1) is 11.3 Å². The van der Waals surface area contributed by atoms with Crippen LogP contribution in [0.5, 0.6) is 0 Å².